The Balaban J connectivity index is 0.000000335. The number of nitrogens with one attached hydrogen (secondary N) is 1. The van der Waals surface area contributed by atoms with Crippen molar-refractivity contribution in [2.24, 2.45) is 5.92 Å². The molecule has 33 heavy (non-hydrogen) atoms. The first-order valence-corrected chi connectivity index (χ1v) is 11.1. The molecule has 0 spiro atoms. The number of hydrogen-bond donors (Lipinski definition) is 9. The summed E-state index contributed by atoms with van der Waals surface area (Å²) < 4.78 is 0. The van der Waals surface area contributed by atoms with E-state index in [0.29, 0.717) is 5.92 Å². The van der Waals surface area contributed by atoms with Crippen LogP contribution in [0.15, 0.2) is 24.3 Å². The van der Waals surface area contributed by atoms with E-state index in [2.05, 4.69) is 19.2 Å². The quantitative estimate of drug-likeness (QED) is 0.206. The lowest BCUT2D eigenvalue weighted by molar-refractivity contribution is -0.207. The van der Waals surface area contributed by atoms with Crippen LogP contribution in [0.2, 0.25) is 0 Å². The zero-order valence-corrected chi connectivity index (χ0v) is 19.4. The second-order valence-electron chi connectivity index (χ2n) is 9.13. The lowest BCUT2D eigenvalue weighted by Crippen LogP contribution is -2.68. The van der Waals surface area contributed by atoms with E-state index < -0.39 is 67.7 Å². The summed E-state index contributed by atoms with van der Waals surface area (Å²) in [6.45, 7) is 4.49. The Morgan fingerprint density at radius 1 is 1.03 bits per heavy atom. The minimum absolute atomic E-state index is 0.223. The van der Waals surface area contributed by atoms with Crippen LogP contribution in [0.25, 0.3) is 0 Å². The van der Waals surface area contributed by atoms with Crippen LogP contribution >= 0.6 is 0 Å². The van der Waals surface area contributed by atoms with Gasteiger partial charge in [0.1, 0.15) is 17.8 Å². The molecule has 6 atom stereocenters. The number of aliphatic hydroxyl groups excluding tert-OH is 6. The standard InChI is InChI=1S/C13H18O2.C10H21NO7/c1-9(2)8-11-4-6-12(7-5-11)10(3)13(14)15;12-2-5(3-13)11-6-1-10(18,4-14)9(17)8(16)7(6)15/h4-7,9-10H,8H2,1-3H3,(H,14,15);5-9,11-18H,1-4H2/t;6-,7-,8+,9-,10-/m.0/s1. The summed E-state index contributed by atoms with van der Waals surface area (Å²) in [5, 5.41) is 77.3. The molecular weight excluding hydrogens is 434 g/mol. The van der Waals surface area contributed by atoms with Crippen LogP contribution in [0, 0.1) is 5.92 Å². The van der Waals surface area contributed by atoms with E-state index in [1.165, 1.54) is 5.56 Å². The topological polar surface area (TPSA) is 191 Å². The average molecular weight is 474 g/mol. The maximum atomic E-state index is 10.8. The van der Waals surface area contributed by atoms with Gasteiger partial charge in [-0.2, -0.15) is 0 Å². The number of aliphatic hydroxyl groups is 7. The van der Waals surface area contributed by atoms with Crippen LogP contribution in [0.3, 0.4) is 0 Å². The predicted molar refractivity (Wildman–Crippen MR) is 121 cm³/mol. The van der Waals surface area contributed by atoms with E-state index in [1.807, 2.05) is 24.3 Å². The molecule has 10 nitrogen and oxygen atoms in total. The minimum Gasteiger partial charge on any atom is -0.481 e. The number of hydrogen-bond acceptors (Lipinski definition) is 9. The second kappa shape index (κ2) is 13.3. The maximum absolute atomic E-state index is 10.8. The highest BCUT2D eigenvalue weighted by Crippen LogP contribution is 2.29. The van der Waals surface area contributed by atoms with Crippen molar-refractivity contribution in [3.63, 3.8) is 0 Å². The fraction of sp³-hybridized carbons (Fsp3) is 0.696. The van der Waals surface area contributed by atoms with Crippen LogP contribution in [-0.2, 0) is 11.2 Å². The molecule has 10 heteroatoms. The molecule has 190 valence electrons. The zero-order chi connectivity index (χ0) is 25.3. The molecule has 0 aromatic heterocycles. The third-order valence-electron chi connectivity index (χ3n) is 5.87. The van der Waals surface area contributed by atoms with Crippen molar-refractivity contribution in [1.82, 2.24) is 5.32 Å². The zero-order valence-electron chi connectivity index (χ0n) is 19.4. The van der Waals surface area contributed by atoms with Gasteiger partial charge in [0.15, 0.2) is 0 Å². The summed E-state index contributed by atoms with van der Waals surface area (Å²) in [6.07, 6.45) is -3.86. The van der Waals surface area contributed by atoms with Gasteiger partial charge in [-0.05, 0) is 36.8 Å². The lowest BCUT2D eigenvalue weighted by atomic mass is 9.76. The third-order valence-corrected chi connectivity index (χ3v) is 5.87. The number of carbonyl (C=O) groups is 1. The Morgan fingerprint density at radius 3 is 2.00 bits per heavy atom. The van der Waals surface area contributed by atoms with Gasteiger partial charge in [0.05, 0.1) is 37.9 Å². The van der Waals surface area contributed by atoms with Gasteiger partial charge in [-0.15, -0.1) is 0 Å². The molecule has 1 aromatic carbocycles. The summed E-state index contributed by atoms with van der Waals surface area (Å²) in [6, 6.07) is 6.27. The molecule has 0 radical (unpaired) electrons. The molecule has 0 saturated heterocycles. The Kier molecular flexibility index (Phi) is 11.9. The van der Waals surface area contributed by atoms with Crippen LogP contribution in [0.1, 0.15) is 44.2 Å². The van der Waals surface area contributed by atoms with E-state index in [1.54, 1.807) is 6.92 Å². The van der Waals surface area contributed by atoms with Crippen molar-refractivity contribution in [2.75, 3.05) is 19.8 Å². The molecule has 0 amide bonds. The molecule has 2 rings (SSSR count). The predicted octanol–water partition coefficient (Wildman–Crippen LogP) is -1.42. The molecule has 1 fully saturated rings. The Hall–Kier alpha value is -1.63. The summed E-state index contributed by atoms with van der Waals surface area (Å²) in [7, 11) is 0. The number of benzene rings is 1. The molecule has 1 unspecified atom stereocenters. The molecule has 1 aliphatic rings. The third kappa shape index (κ3) is 8.27. The molecule has 0 heterocycles. The van der Waals surface area contributed by atoms with Gasteiger partial charge >= 0.3 is 5.97 Å². The van der Waals surface area contributed by atoms with Gasteiger partial charge < -0.3 is 46.2 Å². The fourth-order valence-corrected chi connectivity index (χ4v) is 3.70. The molecule has 1 aliphatic carbocycles. The van der Waals surface area contributed by atoms with Crippen LogP contribution in [0.5, 0.6) is 0 Å². The van der Waals surface area contributed by atoms with Crippen LogP contribution in [0.4, 0.5) is 0 Å². The normalized spacial score (nSPS) is 28.4. The average Bonchev–Trinajstić information content (AvgIpc) is 2.79. The van der Waals surface area contributed by atoms with E-state index in [4.69, 9.17) is 20.4 Å². The lowest BCUT2D eigenvalue weighted by Gasteiger charge is -2.46. The van der Waals surface area contributed by atoms with Gasteiger partial charge in [-0.1, -0.05) is 38.1 Å². The highest BCUT2D eigenvalue weighted by molar-refractivity contribution is 5.75. The number of rotatable bonds is 9. The summed E-state index contributed by atoms with van der Waals surface area (Å²) in [5.41, 5.74) is 0.201. The van der Waals surface area contributed by atoms with Crippen molar-refractivity contribution >= 4 is 5.97 Å². The van der Waals surface area contributed by atoms with Gasteiger partial charge in [0.2, 0.25) is 0 Å². The number of aliphatic carboxylic acids is 1. The van der Waals surface area contributed by atoms with Crippen molar-refractivity contribution in [3.8, 4) is 0 Å². The summed E-state index contributed by atoms with van der Waals surface area (Å²) in [4.78, 5) is 10.8. The molecule has 1 aromatic rings. The van der Waals surface area contributed by atoms with Crippen molar-refractivity contribution in [1.29, 1.82) is 0 Å². The van der Waals surface area contributed by atoms with Crippen LogP contribution < -0.4 is 5.32 Å². The smallest absolute Gasteiger partial charge is 0.310 e. The molecule has 0 aliphatic heterocycles. The molecule has 9 N–H and O–H groups in total. The first kappa shape index (κ1) is 29.4. The summed E-state index contributed by atoms with van der Waals surface area (Å²) >= 11 is 0. The largest absolute Gasteiger partial charge is 0.481 e. The fourth-order valence-electron chi connectivity index (χ4n) is 3.70. The Labute approximate surface area is 194 Å². The van der Waals surface area contributed by atoms with E-state index >= 15 is 0 Å². The maximum Gasteiger partial charge on any atom is 0.310 e. The molecular formula is C23H39NO9. The van der Waals surface area contributed by atoms with Gasteiger partial charge in [-0.3, -0.25) is 4.79 Å². The Morgan fingerprint density at radius 2 is 1.58 bits per heavy atom. The highest BCUT2D eigenvalue weighted by Gasteiger charge is 2.51. The van der Waals surface area contributed by atoms with E-state index in [0.717, 1.165) is 12.0 Å². The SMILES string of the molecule is CC(C)Cc1ccc(C(C)C(=O)O)cc1.OCC(CO)N[C@H]1C[C@](O)(CO)[C@@H](O)[C@H](O)[C@H]1O. The Bertz CT molecular complexity index is 710. The number of carboxylic acid groups (broad SMARTS) is 1. The van der Waals surface area contributed by atoms with Crippen molar-refractivity contribution in [3.05, 3.63) is 35.4 Å². The first-order valence-electron chi connectivity index (χ1n) is 11.1. The highest BCUT2D eigenvalue weighted by atomic mass is 16.4. The van der Waals surface area contributed by atoms with Crippen molar-refractivity contribution < 1.29 is 45.6 Å². The monoisotopic (exact) mass is 473 g/mol. The molecule has 1 saturated carbocycles. The van der Waals surface area contributed by atoms with Crippen LogP contribution in [-0.4, -0.2) is 103 Å². The number of carboxylic acids is 1. The van der Waals surface area contributed by atoms with Gasteiger partial charge in [0, 0.05) is 6.04 Å². The first-order chi connectivity index (χ1) is 15.4. The summed E-state index contributed by atoms with van der Waals surface area (Å²) in [5.74, 6) is -0.558. The second-order valence-corrected chi connectivity index (χ2v) is 9.13. The van der Waals surface area contributed by atoms with Gasteiger partial charge in [-0.25, -0.2) is 0 Å². The van der Waals surface area contributed by atoms with Gasteiger partial charge in [0.25, 0.3) is 0 Å². The van der Waals surface area contributed by atoms with E-state index in [9.17, 15) is 25.2 Å². The van der Waals surface area contributed by atoms with Crippen molar-refractivity contribution in [2.45, 2.75) is 75.5 Å². The minimum atomic E-state index is -1.94. The molecule has 0 bridgehead atoms. The van der Waals surface area contributed by atoms with E-state index in [-0.39, 0.29) is 6.42 Å².